The van der Waals surface area contributed by atoms with E-state index >= 15 is 0 Å². The van der Waals surface area contributed by atoms with Crippen LogP contribution in [-0.4, -0.2) is 31.0 Å². The minimum absolute atomic E-state index is 0.467. The SMILES string of the molecule is CSc1nc(OCc2ccccc2)c2c3cn[nH]c3n(C)c2n1. The summed E-state index contributed by atoms with van der Waals surface area (Å²) in [4.78, 5) is 9.16. The van der Waals surface area contributed by atoms with E-state index in [9.17, 15) is 0 Å². The molecule has 4 aromatic rings. The Bertz CT molecular complexity index is 976. The van der Waals surface area contributed by atoms with Crippen molar-refractivity contribution in [3.8, 4) is 5.88 Å². The molecule has 1 aromatic carbocycles. The second-order valence-electron chi connectivity index (χ2n) is 5.18. The maximum atomic E-state index is 6.02. The molecule has 3 heterocycles. The number of rotatable bonds is 4. The average Bonchev–Trinajstić information content (AvgIpc) is 3.17. The Morgan fingerprint density at radius 1 is 1.22 bits per heavy atom. The number of aryl methyl sites for hydroxylation is 1. The van der Waals surface area contributed by atoms with E-state index in [2.05, 4.69) is 20.2 Å². The van der Waals surface area contributed by atoms with Crippen molar-refractivity contribution in [3.63, 3.8) is 0 Å². The summed E-state index contributed by atoms with van der Waals surface area (Å²) < 4.78 is 8.00. The van der Waals surface area contributed by atoms with E-state index in [-0.39, 0.29) is 0 Å². The van der Waals surface area contributed by atoms with Crippen LogP contribution >= 0.6 is 11.8 Å². The molecule has 0 saturated heterocycles. The van der Waals surface area contributed by atoms with E-state index < -0.39 is 0 Å². The Kier molecular flexibility index (Phi) is 3.42. The lowest BCUT2D eigenvalue weighted by molar-refractivity contribution is 0.295. The molecule has 0 unspecified atom stereocenters. The zero-order chi connectivity index (χ0) is 15.8. The summed E-state index contributed by atoms with van der Waals surface area (Å²) in [5.41, 5.74) is 2.86. The van der Waals surface area contributed by atoms with Gasteiger partial charge in [-0.1, -0.05) is 42.1 Å². The van der Waals surface area contributed by atoms with Crippen LogP contribution in [0.5, 0.6) is 5.88 Å². The normalized spacial score (nSPS) is 11.4. The minimum Gasteiger partial charge on any atom is -0.472 e. The first-order valence-corrected chi connectivity index (χ1v) is 8.40. The van der Waals surface area contributed by atoms with Crippen molar-refractivity contribution in [2.24, 2.45) is 7.05 Å². The van der Waals surface area contributed by atoms with Crippen molar-refractivity contribution in [2.75, 3.05) is 6.26 Å². The van der Waals surface area contributed by atoms with E-state index in [0.29, 0.717) is 17.6 Å². The summed E-state index contributed by atoms with van der Waals surface area (Å²) in [5, 5.41) is 9.67. The summed E-state index contributed by atoms with van der Waals surface area (Å²) in [6.07, 6.45) is 3.74. The molecule has 0 aliphatic rings. The maximum Gasteiger partial charge on any atom is 0.228 e. The lowest BCUT2D eigenvalue weighted by Crippen LogP contribution is -2.01. The number of fused-ring (bicyclic) bond motifs is 3. The van der Waals surface area contributed by atoms with Crippen LogP contribution in [0.3, 0.4) is 0 Å². The molecule has 0 amide bonds. The third-order valence-electron chi connectivity index (χ3n) is 3.78. The van der Waals surface area contributed by atoms with Crippen molar-refractivity contribution >= 4 is 33.8 Å². The number of ether oxygens (including phenoxy) is 1. The molecule has 0 bridgehead atoms. The fourth-order valence-corrected chi connectivity index (χ4v) is 2.99. The van der Waals surface area contributed by atoms with Crippen LogP contribution < -0.4 is 4.74 Å². The molecule has 0 radical (unpaired) electrons. The molecule has 0 aliphatic heterocycles. The van der Waals surface area contributed by atoms with Gasteiger partial charge in [0.1, 0.15) is 12.3 Å². The third-order valence-corrected chi connectivity index (χ3v) is 4.33. The third kappa shape index (κ3) is 2.33. The van der Waals surface area contributed by atoms with Gasteiger partial charge >= 0.3 is 0 Å². The largest absolute Gasteiger partial charge is 0.472 e. The molecule has 3 aromatic heterocycles. The zero-order valence-corrected chi connectivity index (χ0v) is 13.6. The fraction of sp³-hybridized carbons (Fsp3) is 0.188. The summed E-state index contributed by atoms with van der Waals surface area (Å²) in [6.45, 7) is 0.467. The monoisotopic (exact) mass is 325 g/mol. The van der Waals surface area contributed by atoms with Gasteiger partial charge in [0.15, 0.2) is 10.8 Å². The van der Waals surface area contributed by atoms with E-state index in [1.54, 1.807) is 6.20 Å². The highest BCUT2D eigenvalue weighted by Crippen LogP contribution is 2.33. The van der Waals surface area contributed by atoms with Gasteiger partial charge in [-0.2, -0.15) is 10.1 Å². The van der Waals surface area contributed by atoms with Gasteiger partial charge in [-0.25, -0.2) is 4.98 Å². The summed E-state index contributed by atoms with van der Waals surface area (Å²) in [5.74, 6) is 0.593. The van der Waals surface area contributed by atoms with Gasteiger partial charge in [-0.3, -0.25) is 5.10 Å². The fourth-order valence-electron chi connectivity index (χ4n) is 2.63. The van der Waals surface area contributed by atoms with Gasteiger partial charge in [0.2, 0.25) is 5.88 Å². The minimum atomic E-state index is 0.467. The van der Waals surface area contributed by atoms with Crippen LogP contribution in [0.2, 0.25) is 0 Å². The summed E-state index contributed by atoms with van der Waals surface area (Å²) in [7, 11) is 1.96. The van der Waals surface area contributed by atoms with Crippen molar-refractivity contribution < 1.29 is 4.74 Å². The van der Waals surface area contributed by atoms with Crippen LogP contribution in [0.15, 0.2) is 41.7 Å². The van der Waals surface area contributed by atoms with E-state index in [0.717, 1.165) is 27.6 Å². The first-order valence-electron chi connectivity index (χ1n) is 7.18. The predicted octanol–water partition coefficient (Wildman–Crippen LogP) is 3.15. The van der Waals surface area contributed by atoms with Gasteiger partial charge in [0.05, 0.1) is 17.0 Å². The van der Waals surface area contributed by atoms with E-state index in [4.69, 9.17) is 4.74 Å². The van der Waals surface area contributed by atoms with Gasteiger partial charge in [0, 0.05) is 7.05 Å². The summed E-state index contributed by atoms with van der Waals surface area (Å²) >= 11 is 1.50. The molecule has 0 spiro atoms. The number of aromatic amines is 1. The van der Waals surface area contributed by atoms with Gasteiger partial charge in [-0.05, 0) is 11.8 Å². The number of nitrogens with zero attached hydrogens (tertiary/aromatic N) is 4. The first-order chi connectivity index (χ1) is 11.3. The highest BCUT2D eigenvalue weighted by Gasteiger charge is 2.18. The number of nitrogens with one attached hydrogen (secondary N) is 1. The number of aromatic nitrogens is 5. The molecule has 0 saturated carbocycles. The topological polar surface area (TPSA) is 68.6 Å². The Hall–Kier alpha value is -2.54. The Labute approximate surface area is 136 Å². The lowest BCUT2D eigenvalue weighted by Gasteiger charge is -2.08. The number of benzene rings is 1. The molecule has 4 rings (SSSR count). The van der Waals surface area contributed by atoms with Crippen LogP contribution in [-0.2, 0) is 13.7 Å². The molecule has 0 atom stereocenters. The van der Waals surface area contributed by atoms with Crippen LogP contribution in [0.4, 0.5) is 0 Å². The van der Waals surface area contributed by atoms with Crippen LogP contribution in [0.25, 0.3) is 22.1 Å². The first kappa shape index (κ1) is 14.1. The number of hydrogen-bond donors (Lipinski definition) is 1. The molecule has 23 heavy (non-hydrogen) atoms. The van der Waals surface area contributed by atoms with Crippen molar-refractivity contribution in [1.29, 1.82) is 0 Å². The molecule has 0 aliphatic carbocycles. The molecular weight excluding hydrogens is 310 g/mol. The lowest BCUT2D eigenvalue weighted by atomic mass is 10.2. The van der Waals surface area contributed by atoms with Crippen LogP contribution in [0.1, 0.15) is 5.56 Å². The number of H-pyrrole nitrogens is 1. The molecule has 116 valence electrons. The average molecular weight is 325 g/mol. The number of hydrogen-bond acceptors (Lipinski definition) is 5. The summed E-state index contributed by atoms with van der Waals surface area (Å²) in [6, 6.07) is 10.1. The van der Waals surface area contributed by atoms with Crippen LogP contribution in [0, 0.1) is 0 Å². The maximum absolute atomic E-state index is 6.02. The predicted molar refractivity (Wildman–Crippen MR) is 90.7 cm³/mol. The van der Waals surface area contributed by atoms with Crippen molar-refractivity contribution in [3.05, 3.63) is 42.1 Å². The molecule has 6 nitrogen and oxygen atoms in total. The molecule has 7 heteroatoms. The smallest absolute Gasteiger partial charge is 0.228 e. The van der Waals surface area contributed by atoms with E-state index in [1.807, 2.05) is 48.2 Å². The Morgan fingerprint density at radius 2 is 2.04 bits per heavy atom. The quantitative estimate of drug-likeness (QED) is 0.461. The van der Waals surface area contributed by atoms with E-state index in [1.165, 1.54) is 11.8 Å². The standard InChI is InChI=1S/C16H15N5OS/c1-21-13-11(8-17-20-13)12-14(21)18-16(23-2)19-15(12)22-9-10-6-4-3-5-7-10/h3-8H,9H2,1-2H3,(H,17,20). The number of thioether (sulfide) groups is 1. The zero-order valence-electron chi connectivity index (χ0n) is 12.8. The Morgan fingerprint density at radius 3 is 2.83 bits per heavy atom. The molecule has 1 N–H and O–H groups in total. The molecular formula is C16H15N5OS. The second-order valence-corrected chi connectivity index (χ2v) is 5.95. The van der Waals surface area contributed by atoms with Crippen molar-refractivity contribution in [2.45, 2.75) is 11.8 Å². The molecule has 0 fully saturated rings. The van der Waals surface area contributed by atoms with Gasteiger partial charge in [-0.15, -0.1) is 0 Å². The second kappa shape index (κ2) is 5.58. The van der Waals surface area contributed by atoms with Gasteiger partial charge in [0.25, 0.3) is 0 Å². The highest BCUT2D eigenvalue weighted by molar-refractivity contribution is 7.98. The highest BCUT2D eigenvalue weighted by atomic mass is 32.2. The van der Waals surface area contributed by atoms with Gasteiger partial charge < -0.3 is 9.30 Å². The Balaban J connectivity index is 1.84. The van der Waals surface area contributed by atoms with Crippen molar-refractivity contribution in [1.82, 2.24) is 24.7 Å².